The van der Waals surface area contributed by atoms with E-state index in [-0.39, 0.29) is 6.10 Å². The van der Waals surface area contributed by atoms with E-state index in [1.54, 1.807) is 7.11 Å². The van der Waals surface area contributed by atoms with Crippen LogP contribution in [-0.4, -0.2) is 62.0 Å². The van der Waals surface area contributed by atoms with Gasteiger partial charge in [-0.3, -0.25) is 0 Å². The molecule has 0 aliphatic carbocycles. The van der Waals surface area contributed by atoms with Gasteiger partial charge in [0.2, 0.25) is 0 Å². The molecule has 1 heterocycles. The van der Waals surface area contributed by atoms with E-state index in [0.29, 0.717) is 12.6 Å². The number of hydrogen-bond donors (Lipinski definition) is 2. The van der Waals surface area contributed by atoms with Crippen molar-refractivity contribution >= 4 is 0 Å². The third kappa shape index (κ3) is 6.14. The fraction of sp³-hybridized carbons (Fsp3) is 0.647. The Morgan fingerprint density at radius 3 is 2.95 bits per heavy atom. The number of aliphatic hydroxyl groups excluding tert-OH is 1. The summed E-state index contributed by atoms with van der Waals surface area (Å²) in [5.74, 6) is 0. The zero-order valence-electron chi connectivity index (χ0n) is 13.0. The SMILES string of the molecule is COCC(O)CCNC1CCN(CCc2ccccc2)C1. The number of likely N-dealkylation sites (tertiary alicyclic amines) is 1. The molecule has 2 rings (SSSR count). The van der Waals surface area contributed by atoms with E-state index in [0.717, 1.165) is 32.5 Å². The summed E-state index contributed by atoms with van der Waals surface area (Å²) in [5, 5.41) is 13.2. The predicted molar refractivity (Wildman–Crippen MR) is 85.5 cm³/mol. The zero-order chi connectivity index (χ0) is 14.9. The van der Waals surface area contributed by atoms with Crippen molar-refractivity contribution in [2.24, 2.45) is 0 Å². The molecule has 118 valence electrons. The average molecular weight is 292 g/mol. The Kier molecular flexibility index (Phi) is 7.16. The zero-order valence-corrected chi connectivity index (χ0v) is 13.0. The first-order valence-corrected chi connectivity index (χ1v) is 7.94. The molecule has 1 saturated heterocycles. The highest BCUT2D eigenvalue weighted by molar-refractivity contribution is 5.14. The molecule has 0 aromatic heterocycles. The van der Waals surface area contributed by atoms with E-state index in [9.17, 15) is 5.11 Å². The summed E-state index contributed by atoms with van der Waals surface area (Å²) in [4.78, 5) is 2.52. The van der Waals surface area contributed by atoms with Crippen molar-refractivity contribution in [3.05, 3.63) is 35.9 Å². The molecule has 0 amide bonds. The molecule has 2 unspecified atom stereocenters. The second-order valence-electron chi connectivity index (χ2n) is 5.87. The van der Waals surface area contributed by atoms with Gasteiger partial charge in [0, 0.05) is 26.2 Å². The first-order valence-electron chi connectivity index (χ1n) is 7.94. The number of hydrogen-bond acceptors (Lipinski definition) is 4. The number of nitrogens with zero attached hydrogens (tertiary/aromatic N) is 1. The highest BCUT2D eigenvalue weighted by Crippen LogP contribution is 2.10. The number of aliphatic hydroxyl groups is 1. The third-order valence-electron chi connectivity index (χ3n) is 4.10. The van der Waals surface area contributed by atoms with Crippen LogP contribution < -0.4 is 5.32 Å². The van der Waals surface area contributed by atoms with Crippen molar-refractivity contribution < 1.29 is 9.84 Å². The quantitative estimate of drug-likeness (QED) is 0.720. The van der Waals surface area contributed by atoms with Crippen LogP contribution in [0.4, 0.5) is 0 Å². The topological polar surface area (TPSA) is 44.7 Å². The molecule has 4 heteroatoms. The van der Waals surface area contributed by atoms with Crippen LogP contribution in [0.3, 0.4) is 0 Å². The Morgan fingerprint density at radius 2 is 2.19 bits per heavy atom. The molecule has 0 saturated carbocycles. The molecule has 1 aromatic carbocycles. The highest BCUT2D eigenvalue weighted by Gasteiger charge is 2.21. The molecule has 1 aromatic rings. The standard InChI is InChI=1S/C17H28N2O2/c1-21-14-17(20)7-10-18-16-9-12-19(13-16)11-8-15-5-3-2-4-6-15/h2-6,16-18,20H,7-14H2,1H3. The third-order valence-corrected chi connectivity index (χ3v) is 4.10. The van der Waals surface area contributed by atoms with E-state index in [1.165, 1.54) is 18.5 Å². The normalized spacial score (nSPS) is 20.8. The smallest absolute Gasteiger partial charge is 0.0785 e. The van der Waals surface area contributed by atoms with Gasteiger partial charge in [0.05, 0.1) is 12.7 Å². The number of ether oxygens (including phenoxy) is 1. The molecular weight excluding hydrogens is 264 g/mol. The van der Waals surface area contributed by atoms with Gasteiger partial charge in [-0.05, 0) is 37.9 Å². The van der Waals surface area contributed by atoms with Gasteiger partial charge in [-0.15, -0.1) is 0 Å². The molecule has 21 heavy (non-hydrogen) atoms. The van der Waals surface area contributed by atoms with Crippen molar-refractivity contribution in [1.82, 2.24) is 10.2 Å². The highest BCUT2D eigenvalue weighted by atomic mass is 16.5. The summed E-state index contributed by atoms with van der Waals surface area (Å²) in [6, 6.07) is 11.2. The molecule has 2 N–H and O–H groups in total. The van der Waals surface area contributed by atoms with E-state index in [1.807, 2.05) is 0 Å². The van der Waals surface area contributed by atoms with Crippen LogP contribution in [-0.2, 0) is 11.2 Å². The van der Waals surface area contributed by atoms with Crippen LogP contribution in [0.25, 0.3) is 0 Å². The van der Waals surface area contributed by atoms with Gasteiger partial charge in [0.15, 0.2) is 0 Å². The van der Waals surface area contributed by atoms with Crippen molar-refractivity contribution in [2.75, 3.05) is 39.9 Å². The van der Waals surface area contributed by atoms with E-state index < -0.39 is 0 Å². The van der Waals surface area contributed by atoms with Gasteiger partial charge in [-0.25, -0.2) is 0 Å². The lowest BCUT2D eigenvalue weighted by Gasteiger charge is -2.17. The van der Waals surface area contributed by atoms with Gasteiger partial charge in [-0.1, -0.05) is 30.3 Å². The maximum atomic E-state index is 9.61. The number of benzene rings is 1. The van der Waals surface area contributed by atoms with Crippen molar-refractivity contribution in [3.8, 4) is 0 Å². The second kappa shape index (κ2) is 9.15. The molecule has 4 nitrogen and oxygen atoms in total. The summed E-state index contributed by atoms with van der Waals surface area (Å²) in [5.41, 5.74) is 1.41. The molecule has 1 aliphatic rings. The van der Waals surface area contributed by atoms with E-state index in [2.05, 4.69) is 40.5 Å². The summed E-state index contributed by atoms with van der Waals surface area (Å²) >= 11 is 0. The summed E-state index contributed by atoms with van der Waals surface area (Å²) < 4.78 is 4.93. The number of nitrogens with one attached hydrogen (secondary N) is 1. The fourth-order valence-corrected chi connectivity index (χ4v) is 2.86. The Morgan fingerprint density at radius 1 is 1.38 bits per heavy atom. The van der Waals surface area contributed by atoms with E-state index >= 15 is 0 Å². The summed E-state index contributed by atoms with van der Waals surface area (Å²) in [7, 11) is 1.62. The predicted octanol–water partition coefficient (Wildman–Crippen LogP) is 1.29. The van der Waals surface area contributed by atoms with Crippen LogP contribution in [0.2, 0.25) is 0 Å². The maximum Gasteiger partial charge on any atom is 0.0785 e. The number of rotatable bonds is 9. The first-order chi connectivity index (χ1) is 10.3. The molecule has 0 spiro atoms. The minimum Gasteiger partial charge on any atom is -0.391 e. The van der Waals surface area contributed by atoms with Crippen molar-refractivity contribution in [1.29, 1.82) is 0 Å². The molecule has 0 bridgehead atoms. The molecule has 1 aliphatic heterocycles. The van der Waals surface area contributed by atoms with E-state index in [4.69, 9.17) is 4.74 Å². The largest absolute Gasteiger partial charge is 0.391 e. The van der Waals surface area contributed by atoms with Gasteiger partial charge in [0.25, 0.3) is 0 Å². The van der Waals surface area contributed by atoms with Gasteiger partial charge < -0.3 is 20.1 Å². The molecule has 0 radical (unpaired) electrons. The lowest BCUT2D eigenvalue weighted by molar-refractivity contribution is 0.0590. The summed E-state index contributed by atoms with van der Waals surface area (Å²) in [6.45, 7) is 4.71. The minimum atomic E-state index is -0.349. The lowest BCUT2D eigenvalue weighted by Crippen LogP contribution is -2.35. The van der Waals surface area contributed by atoms with Crippen LogP contribution >= 0.6 is 0 Å². The lowest BCUT2D eigenvalue weighted by atomic mass is 10.1. The fourth-order valence-electron chi connectivity index (χ4n) is 2.86. The van der Waals surface area contributed by atoms with Crippen molar-refractivity contribution in [2.45, 2.75) is 31.4 Å². The van der Waals surface area contributed by atoms with Gasteiger partial charge in [0.1, 0.15) is 0 Å². The minimum absolute atomic E-state index is 0.349. The van der Waals surface area contributed by atoms with Gasteiger partial charge in [-0.2, -0.15) is 0 Å². The monoisotopic (exact) mass is 292 g/mol. The van der Waals surface area contributed by atoms with Crippen LogP contribution in [0.5, 0.6) is 0 Å². The Labute approximate surface area is 128 Å². The Hall–Kier alpha value is -0.940. The summed E-state index contributed by atoms with van der Waals surface area (Å²) in [6.07, 6.45) is 2.74. The number of methoxy groups -OCH3 is 1. The Balaban J connectivity index is 1.58. The van der Waals surface area contributed by atoms with Crippen LogP contribution in [0.1, 0.15) is 18.4 Å². The van der Waals surface area contributed by atoms with Gasteiger partial charge >= 0.3 is 0 Å². The average Bonchev–Trinajstić information content (AvgIpc) is 2.94. The maximum absolute atomic E-state index is 9.61. The van der Waals surface area contributed by atoms with Crippen LogP contribution in [0, 0.1) is 0 Å². The molecule has 1 fully saturated rings. The second-order valence-corrected chi connectivity index (χ2v) is 5.87. The Bertz CT molecular complexity index is 386. The van der Waals surface area contributed by atoms with Crippen LogP contribution in [0.15, 0.2) is 30.3 Å². The first kappa shape index (κ1) is 16.4. The molecular formula is C17H28N2O2. The van der Waals surface area contributed by atoms with Crippen molar-refractivity contribution in [3.63, 3.8) is 0 Å². The molecule has 2 atom stereocenters.